The van der Waals surface area contributed by atoms with Crippen LogP contribution in [-0.4, -0.2) is 55.1 Å². The number of pyridine rings is 1. The van der Waals surface area contributed by atoms with Crippen LogP contribution in [0.2, 0.25) is 0 Å². The molecule has 3 heterocycles. The highest BCUT2D eigenvalue weighted by Crippen LogP contribution is 2.35. The van der Waals surface area contributed by atoms with Crippen LogP contribution >= 0.6 is 0 Å². The van der Waals surface area contributed by atoms with Crippen LogP contribution in [0.4, 0.5) is 5.69 Å². The lowest BCUT2D eigenvalue weighted by atomic mass is 9.78. The first-order chi connectivity index (χ1) is 17.7. The number of hydrogen-bond acceptors (Lipinski definition) is 5. The largest absolute Gasteiger partial charge is 0.493 e. The van der Waals surface area contributed by atoms with E-state index in [1.54, 1.807) is 0 Å². The molecule has 2 aromatic carbocycles. The summed E-state index contributed by atoms with van der Waals surface area (Å²) < 4.78 is 6.34. The maximum atomic E-state index is 12.6. The number of ether oxygens (including phenoxy) is 1. The molecule has 2 fully saturated rings. The number of aromatic nitrogens is 1. The Bertz CT molecular complexity index is 1170. The number of carbonyl (C=O) groups excluding carboxylic acids is 1. The van der Waals surface area contributed by atoms with Crippen molar-refractivity contribution in [2.45, 2.75) is 44.9 Å². The van der Waals surface area contributed by atoms with Crippen LogP contribution in [-0.2, 0) is 4.79 Å². The van der Waals surface area contributed by atoms with Crippen molar-refractivity contribution in [1.82, 2.24) is 15.2 Å². The van der Waals surface area contributed by atoms with Gasteiger partial charge in [-0.2, -0.15) is 0 Å². The molecule has 0 saturated carbocycles. The standard InChI is InChI=1S/C30H38N4O2/c1-22-10-11-27-28(32-22)8-5-9-29(27)36-19-14-26(23-12-15-31-16-13-23)24-6-4-7-25(20-24)33-30(35)21-34-17-2-3-18-34/h4-11,20,23,26,31H,2-3,12-19,21H2,1H3,(H,33,35). The zero-order chi connectivity index (χ0) is 24.7. The normalized spacial score (nSPS) is 17.8. The first-order valence-corrected chi connectivity index (χ1v) is 13.5. The molecule has 5 rings (SSSR count). The summed E-state index contributed by atoms with van der Waals surface area (Å²) in [4.78, 5) is 19.5. The maximum absolute atomic E-state index is 12.6. The summed E-state index contributed by atoms with van der Waals surface area (Å²) in [5.74, 6) is 1.96. The number of hydrogen-bond donors (Lipinski definition) is 2. The van der Waals surface area contributed by atoms with E-state index in [0.717, 1.165) is 73.5 Å². The predicted octanol–water partition coefficient (Wildman–Crippen LogP) is 5.13. The first-order valence-electron chi connectivity index (χ1n) is 13.5. The highest BCUT2D eigenvalue weighted by Gasteiger charge is 2.25. The van der Waals surface area contributed by atoms with Gasteiger partial charge in [0.05, 0.1) is 18.7 Å². The van der Waals surface area contributed by atoms with Crippen molar-refractivity contribution in [3.63, 3.8) is 0 Å². The minimum absolute atomic E-state index is 0.0793. The van der Waals surface area contributed by atoms with Crippen LogP contribution in [0.25, 0.3) is 10.9 Å². The molecule has 6 heteroatoms. The molecule has 1 unspecified atom stereocenters. The first kappa shape index (κ1) is 24.7. The van der Waals surface area contributed by atoms with Crippen LogP contribution < -0.4 is 15.4 Å². The lowest BCUT2D eigenvalue weighted by molar-refractivity contribution is -0.117. The van der Waals surface area contributed by atoms with E-state index < -0.39 is 0 Å². The van der Waals surface area contributed by atoms with Crippen LogP contribution in [0.15, 0.2) is 54.6 Å². The summed E-state index contributed by atoms with van der Waals surface area (Å²) in [7, 11) is 0. The Hall–Kier alpha value is -2.96. The zero-order valence-corrected chi connectivity index (χ0v) is 21.3. The lowest BCUT2D eigenvalue weighted by Gasteiger charge is -2.31. The number of amides is 1. The second-order valence-electron chi connectivity index (χ2n) is 10.3. The summed E-state index contributed by atoms with van der Waals surface area (Å²) in [6, 6.07) is 18.7. The molecule has 36 heavy (non-hydrogen) atoms. The van der Waals surface area contributed by atoms with E-state index in [2.05, 4.69) is 44.8 Å². The molecule has 0 bridgehead atoms. The van der Waals surface area contributed by atoms with E-state index in [1.807, 2.05) is 37.3 Å². The molecule has 0 spiro atoms. The molecule has 2 saturated heterocycles. The van der Waals surface area contributed by atoms with Crippen LogP contribution in [0.1, 0.15) is 49.3 Å². The fourth-order valence-electron chi connectivity index (χ4n) is 5.76. The van der Waals surface area contributed by atoms with Gasteiger partial charge >= 0.3 is 0 Å². The lowest BCUT2D eigenvalue weighted by Crippen LogP contribution is -2.32. The van der Waals surface area contributed by atoms with Crippen molar-refractivity contribution in [2.24, 2.45) is 5.92 Å². The number of benzene rings is 2. The van der Waals surface area contributed by atoms with Crippen LogP contribution in [0.3, 0.4) is 0 Å². The van der Waals surface area contributed by atoms with Crippen LogP contribution in [0, 0.1) is 12.8 Å². The molecule has 2 aliphatic rings. The molecule has 1 atom stereocenters. The van der Waals surface area contributed by atoms with Gasteiger partial charge in [-0.25, -0.2) is 0 Å². The Labute approximate surface area is 214 Å². The number of aryl methyl sites for hydroxylation is 1. The average molecular weight is 487 g/mol. The Morgan fingerprint density at radius 2 is 1.92 bits per heavy atom. The van der Waals surface area contributed by atoms with E-state index in [4.69, 9.17) is 4.74 Å². The number of nitrogens with one attached hydrogen (secondary N) is 2. The van der Waals surface area contributed by atoms with Gasteiger partial charge in [0.1, 0.15) is 5.75 Å². The second kappa shape index (κ2) is 11.8. The fourth-order valence-corrected chi connectivity index (χ4v) is 5.76. The number of rotatable bonds is 9. The van der Waals surface area contributed by atoms with Gasteiger partial charge in [-0.1, -0.05) is 18.2 Å². The molecule has 0 aliphatic carbocycles. The molecule has 0 radical (unpaired) electrons. The van der Waals surface area contributed by atoms with Gasteiger partial charge in [0.15, 0.2) is 0 Å². The maximum Gasteiger partial charge on any atom is 0.238 e. The SMILES string of the molecule is Cc1ccc2c(OCCC(c3cccc(NC(=O)CN4CCCC4)c3)C3CCNCC3)cccc2n1. The van der Waals surface area contributed by atoms with Gasteiger partial charge < -0.3 is 15.4 Å². The van der Waals surface area contributed by atoms with Gasteiger partial charge in [-0.3, -0.25) is 14.7 Å². The number of likely N-dealkylation sites (tertiary alicyclic amines) is 1. The number of anilines is 1. The summed E-state index contributed by atoms with van der Waals surface area (Å²) in [5, 5.41) is 7.70. The van der Waals surface area contributed by atoms with E-state index in [0.29, 0.717) is 25.0 Å². The fraction of sp³-hybridized carbons (Fsp3) is 0.467. The summed E-state index contributed by atoms with van der Waals surface area (Å²) in [5.41, 5.74) is 4.17. The number of fused-ring (bicyclic) bond motifs is 1. The molecule has 1 amide bonds. The van der Waals surface area contributed by atoms with Gasteiger partial charge in [-0.15, -0.1) is 0 Å². The van der Waals surface area contributed by atoms with E-state index in [-0.39, 0.29) is 5.91 Å². The van der Waals surface area contributed by atoms with E-state index in [1.165, 1.54) is 18.4 Å². The van der Waals surface area contributed by atoms with Gasteiger partial charge in [0, 0.05) is 16.8 Å². The van der Waals surface area contributed by atoms with Crippen molar-refractivity contribution in [1.29, 1.82) is 0 Å². The van der Waals surface area contributed by atoms with Gasteiger partial charge in [-0.05, 0) is 119 Å². The van der Waals surface area contributed by atoms with Gasteiger partial charge in [0.2, 0.25) is 5.91 Å². The quantitative estimate of drug-likeness (QED) is 0.439. The molecular weight excluding hydrogens is 448 g/mol. The van der Waals surface area contributed by atoms with Crippen LogP contribution in [0.5, 0.6) is 5.75 Å². The Morgan fingerprint density at radius 3 is 2.75 bits per heavy atom. The Kier molecular flexibility index (Phi) is 8.14. The zero-order valence-electron chi connectivity index (χ0n) is 21.3. The Balaban J connectivity index is 1.28. The summed E-state index contributed by atoms with van der Waals surface area (Å²) in [6.07, 6.45) is 5.64. The molecule has 1 aromatic heterocycles. The molecule has 2 aliphatic heterocycles. The monoisotopic (exact) mass is 486 g/mol. The minimum atomic E-state index is 0.0793. The van der Waals surface area contributed by atoms with Gasteiger partial charge in [0.25, 0.3) is 0 Å². The van der Waals surface area contributed by atoms with E-state index in [9.17, 15) is 4.79 Å². The number of nitrogens with zero attached hydrogens (tertiary/aromatic N) is 2. The van der Waals surface area contributed by atoms with E-state index >= 15 is 0 Å². The van der Waals surface area contributed by atoms with Crippen molar-refractivity contribution < 1.29 is 9.53 Å². The highest BCUT2D eigenvalue weighted by atomic mass is 16.5. The highest BCUT2D eigenvalue weighted by molar-refractivity contribution is 5.92. The number of carbonyl (C=O) groups is 1. The van der Waals surface area contributed by atoms with Crippen molar-refractivity contribution in [3.8, 4) is 5.75 Å². The molecule has 2 N–H and O–H groups in total. The smallest absolute Gasteiger partial charge is 0.238 e. The minimum Gasteiger partial charge on any atom is -0.493 e. The third-order valence-corrected chi connectivity index (χ3v) is 7.63. The van der Waals surface area contributed by atoms with Crippen molar-refractivity contribution >= 4 is 22.5 Å². The van der Waals surface area contributed by atoms with Crippen molar-refractivity contribution in [3.05, 3.63) is 65.9 Å². The molecule has 6 nitrogen and oxygen atoms in total. The summed E-state index contributed by atoms with van der Waals surface area (Å²) >= 11 is 0. The Morgan fingerprint density at radius 1 is 1.11 bits per heavy atom. The topological polar surface area (TPSA) is 66.5 Å². The third kappa shape index (κ3) is 6.23. The number of piperidine rings is 1. The molecule has 3 aromatic rings. The average Bonchev–Trinajstić information content (AvgIpc) is 3.40. The third-order valence-electron chi connectivity index (χ3n) is 7.63. The summed E-state index contributed by atoms with van der Waals surface area (Å²) in [6.45, 7) is 7.31. The van der Waals surface area contributed by atoms with Crippen molar-refractivity contribution in [2.75, 3.05) is 44.6 Å². The predicted molar refractivity (Wildman–Crippen MR) is 146 cm³/mol. The molecular formula is C30H38N4O2. The second-order valence-corrected chi connectivity index (χ2v) is 10.3. The molecule has 190 valence electrons.